The Kier molecular flexibility index (Phi) is 4.50. The molecule has 0 radical (unpaired) electrons. The molecule has 0 N–H and O–H groups in total. The van der Waals surface area contributed by atoms with Crippen molar-refractivity contribution in [3.05, 3.63) is 23.2 Å². The number of hydrogen-bond acceptors (Lipinski definition) is 3. The van der Waals surface area contributed by atoms with Gasteiger partial charge in [0.05, 0.1) is 0 Å². The first-order chi connectivity index (χ1) is 11.4. The zero-order valence-electron chi connectivity index (χ0n) is 17.0. The number of hydrogen-bond donors (Lipinski definition) is 0. The van der Waals surface area contributed by atoms with Gasteiger partial charge in [-0.1, -0.05) is 33.3 Å². The highest BCUT2D eigenvalue weighted by molar-refractivity contribution is 6.70. The molecule has 3 atom stereocenters. The third-order valence-corrected chi connectivity index (χ3v) is 7.63. The lowest BCUT2D eigenvalue weighted by Crippen LogP contribution is -2.51. The van der Waals surface area contributed by atoms with Gasteiger partial charge in [-0.05, 0) is 62.6 Å². The number of carbonyl (C=O) groups excluding carboxylic acids is 1. The molecule has 2 fully saturated rings. The Morgan fingerprint density at radius 1 is 1.24 bits per heavy atom. The first kappa shape index (κ1) is 18.7. The van der Waals surface area contributed by atoms with Crippen LogP contribution in [0.4, 0.5) is 0 Å². The predicted octanol–water partition coefficient (Wildman–Crippen LogP) is 5.80. The lowest BCUT2D eigenvalue weighted by Gasteiger charge is -2.57. The lowest BCUT2D eigenvalue weighted by atomic mass is 9.48. The first-order valence-corrected chi connectivity index (χ1v) is 13.2. The largest absolute Gasteiger partial charge is 0.545 e. The summed E-state index contributed by atoms with van der Waals surface area (Å²) in [6.45, 7) is 15.7. The number of carbonyl (C=O) groups is 1. The van der Waals surface area contributed by atoms with Gasteiger partial charge in [-0.2, -0.15) is 0 Å². The Hall–Kier alpha value is -1.03. The minimum atomic E-state index is -1.71. The molecule has 3 nitrogen and oxygen atoms in total. The Balaban J connectivity index is 1.97. The lowest BCUT2D eigenvalue weighted by molar-refractivity contribution is -0.142. The van der Waals surface area contributed by atoms with Crippen LogP contribution < -0.4 is 0 Å². The number of allylic oxidation sites excluding steroid dienone is 3. The van der Waals surface area contributed by atoms with E-state index in [2.05, 4.69) is 46.5 Å². The summed E-state index contributed by atoms with van der Waals surface area (Å²) in [5, 5.41) is 0. The Labute approximate surface area is 154 Å². The van der Waals surface area contributed by atoms with Crippen molar-refractivity contribution in [2.24, 2.45) is 22.7 Å². The summed E-state index contributed by atoms with van der Waals surface area (Å²) < 4.78 is 11.8. The first-order valence-electron chi connectivity index (χ1n) is 9.75. The summed E-state index contributed by atoms with van der Waals surface area (Å²) in [6.07, 6.45) is 7.73. The van der Waals surface area contributed by atoms with Crippen molar-refractivity contribution in [1.82, 2.24) is 0 Å². The van der Waals surface area contributed by atoms with Crippen LogP contribution >= 0.6 is 0 Å². The molecule has 4 heteroatoms. The molecule has 0 aromatic heterocycles. The van der Waals surface area contributed by atoms with E-state index in [-0.39, 0.29) is 17.3 Å². The van der Waals surface area contributed by atoms with E-state index in [1.165, 1.54) is 19.3 Å². The molecule has 0 aromatic carbocycles. The zero-order chi connectivity index (χ0) is 18.6. The fraction of sp³-hybridized carbons (Fsp3) is 0.762. The number of esters is 1. The maximum atomic E-state index is 12.7. The molecule has 0 spiro atoms. The van der Waals surface area contributed by atoms with E-state index in [0.717, 1.165) is 29.9 Å². The van der Waals surface area contributed by atoms with Crippen molar-refractivity contribution in [2.75, 3.05) is 0 Å². The van der Waals surface area contributed by atoms with Gasteiger partial charge in [0, 0.05) is 17.9 Å². The van der Waals surface area contributed by atoms with Crippen LogP contribution in [0, 0.1) is 22.7 Å². The molecule has 0 aromatic rings. The molecule has 1 heterocycles. The van der Waals surface area contributed by atoms with Crippen LogP contribution in [0.5, 0.6) is 0 Å². The maximum absolute atomic E-state index is 12.7. The molecule has 2 aliphatic carbocycles. The molecule has 1 aliphatic heterocycles. The summed E-state index contributed by atoms with van der Waals surface area (Å²) in [5.74, 6) is 2.33. The molecule has 1 saturated carbocycles. The van der Waals surface area contributed by atoms with Gasteiger partial charge in [0.15, 0.2) is 0 Å². The minimum Gasteiger partial charge on any atom is -0.545 e. The summed E-state index contributed by atoms with van der Waals surface area (Å²) in [7, 11) is -1.71. The third-order valence-electron chi connectivity index (χ3n) is 6.71. The van der Waals surface area contributed by atoms with Crippen molar-refractivity contribution in [1.29, 1.82) is 0 Å². The topological polar surface area (TPSA) is 35.5 Å². The SMILES string of the molecule is C/C(O[Si](C)(C)C)=C1\C[C@H]2C(=CC[C@H]3C(C)(C)CCC[C@]23C)C(=O)O1. The molecule has 3 rings (SSSR count). The summed E-state index contributed by atoms with van der Waals surface area (Å²) >= 11 is 0. The molecule has 1 saturated heterocycles. The fourth-order valence-corrected chi connectivity index (χ4v) is 6.64. The van der Waals surface area contributed by atoms with Gasteiger partial charge in [0.25, 0.3) is 0 Å². The van der Waals surface area contributed by atoms with Crippen molar-refractivity contribution < 1.29 is 14.0 Å². The van der Waals surface area contributed by atoms with Crippen LogP contribution in [0.1, 0.15) is 59.8 Å². The van der Waals surface area contributed by atoms with Crippen molar-refractivity contribution in [3.8, 4) is 0 Å². The number of rotatable bonds is 2. The molecule has 0 amide bonds. The van der Waals surface area contributed by atoms with Crippen molar-refractivity contribution >= 4 is 14.3 Å². The van der Waals surface area contributed by atoms with E-state index in [0.29, 0.717) is 11.3 Å². The van der Waals surface area contributed by atoms with E-state index in [9.17, 15) is 4.79 Å². The minimum absolute atomic E-state index is 0.146. The van der Waals surface area contributed by atoms with Gasteiger partial charge in [0.2, 0.25) is 8.32 Å². The summed E-state index contributed by atoms with van der Waals surface area (Å²) in [6, 6.07) is 0. The third kappa shape index (κ3) is 3.34. The highest BCUT2D eigenvalue weighted by atomic mass is 28.4. The van der Waals surface area contributed by atoms with E-state index < -0.39 is 8.32 Å². The smallest absolute Gasteiger partial charge is 0.339 e. The average molecular weight is 363 g/mol. The number of cyclic esters (lactones) is 1. The monoisotopic (exact) mass is 362 g/mol. The van der Waals surface area contributed by atoms with E-state index >= 15 is 0 Å². The summed E-state index contributed by atoms with van der Waals surface area (Å²) in [4.78, 5) is 12.7. The Morgan fingerprint density at radius 3 is 2.56 bits per heavy atom. The molecular weight excluding hydrogens is 328 g/mol. The fourth-order valence-electron chi connectivity index (χ4n) is 5.61. The van der Waals surface area contributed by atoms with Gasteiger partial charge in [-0.3, -0.25) is 0 Å². The second-order valence-electron chi connectivity index (χ2n) is 10.1. The van der Waals surface area contributed by atoms with Crippen LogP contribution in [-0.4, -0.2) is 14.3 Å². The average Bonchev–Trinajstić information content (AvgIpc) is 2.45. The summed E-state index contributed by atoms with van der Waals surface area (Å²) in [5.41, 5.74) is 1.43. The van der Waals surface area contributed by atoms with Crippen LogP contribution in [0.25, 0.3) is 0 Å². The normalized spacial score (nSPS) is 36.6. The van der Waals surface area contributed by atoms with Crippen molar-refractivity contribution in [3.63, 3.8) is 0 Å². The van der Waals surface area contributed by atoms with Gasteiger partial charge < -0.3 is 9.16 Å². The highest BCUT2D eigenvalue weighted by Crippen LogP contribution is 2.61. The van der Waals surface area contributed by atoms with Gasteiger partial charge >= 0.3 is 5.97 Å². The van der Waals surface area contributed by atoms with E-state index in [1.807, 2.05) is 6.92 Å². The van der Waals surface area contributed by atoms with Crippen molar-refractivity contribution in [2.45, 2.75) is 79.4 Å². The van der Waals surface area contributed by atoms with Crippen LogP contribution in [-0.2, 0) is 14.0 Å². The second kappa shape index (κ2) is 6.00. The van der Waals surface area contributed by atoms with Gasteiger partial charge in [0.1, 0.15) is 11.5 Å². The zero-order valence-corrected chi connectivity index (χ0v) is 18.0. The quantitative estimate of drug-likeness (QED) is 0.354. The maximum Gasteiger partial charge on any atom is 0.339 e. The second-order valence-corrected chi connectivity index (χ2v) is 14.6. The van der Waals surface area contributed by atoms with Crippen LogP contribution in [0.2, 0.25) is 19.6 Å². The standard InChI is InChI=1S/C21H34O3Si/c1-14(24-25(5,6)7)17-13-16-15(19(22)23-17)9-10-18-20(2,3)11-8-12-21(16,18)4/h9,16,18H,8,10-13H2,1-7H3/b17-14-/t16-,18-,21+/m0/s1. The highest BCUT2D eigenvalue weighted by Gasteiger charge is 2.55. The molecule has 3 aliphatic rings. The Morgan fingerprint density at radius 2 is 1.92 bits per heavy atom. The van der Waals surface area contributed by atoms with Crippen LogP contribution in [0.3, 0.4) is 0 Å². The number of ether oxygens (including phenoxy) is 1. The molecule has 0 unspecified atom stereocenters. The van der Waals surface area contributed by atoms with Crippen LogP contribution in [0.15, 0.2) is 23.2 Å². The Bertz CT molecular complexity index is 638. The predicted molar refractivity (Wildman–Crippen MR) is 103 cm³/mol. The number of fused-ring (bicyclic) bond motifs is 3. The van der Waals surface area contributed by atoms with Gasteiger partial charge in [-0.15, -0.1) is 0 Å². The molecule has 25 heavy (non-hydrogen) atoms. The van der Waals surface area contributed by atoms with E-state index in [4.69, 9.17) is 9.16 Å². The molecule has 140 valence electrons. The van der Waals surface area contributed by atoms with Gasteiger partial charge in [-0.25, -0.2) is 4.79 Å². The molecule has 0 bridgehead atoms. The van der Waals surface area contributed by atoms with E-state index in [1.54, 1.807) is 0 Å². The molecular formula is C21H34O3Si.